The van der Waals surface area contributed by atoms with Gasteiger partial charge >= 0.3 is 0 Å². The van der Waals surface area contributed by atoms with Crippen LogP contribution in [0.2, 0.25) is 0 Å². The molecule has 2 aliphatic heterocycles. The smallest absolute Gasteiger partial charge is 0.223 e. The number of nitrogens with zero attached hydrogens (tertiary/aromatic N) is 3. The van der Waals surface area contributed by atoms with Gasteiger partial charge in [0.25, 0.3) is 0 Å². The summed E-state index contributed by atoms with van der Waals surface area (Å²) < 4.78 is 5.53. The van der Waals surface area contributed by atoms with E-state index in [9.17, 15) is 4.79 Å². The summed E-state index contributed by atoms with van der Waals surface area (Å²) in [5.41, 5.74) is 1.28. The number of hydrogen-bond donors (Lipinski definition) is 2. The molecule has 3 unspecified atom stereocenters. The Bertz CT molecular complexity index is 702. The molecule has 2 heterocycles. The fourth-order valence-electron chi connectivity index (χ4n) is 4.33. The second-order valence-corrected chi connectivity index (χ2v) is 8.49. The maximum atomic E-state index is 12.4. The van der Waals surface area contributed by atoms with E-state index in [4.69, 9.17) is 4.74 Å². The highest BCUT2D eigenvalue weighted by molar-refractivity contribution is 14.0. The number of morpholine rings is 1. The molecule has 2 fully saturated rings. The first-order valence-corrected chi connectivity index (χ1v) is 11.2. The molecular weight excluding hydrogens is 505 g/mol. The quantitative estimate of drug-likeness (QED) is 0.298. The van der Waals surface area contributed by atoms with Crippen LogP contribution in [0.1, 0.15) is 25.8 Å². The van der Waals surface area contributed by atoms with Gasteiger partial charge in [0.15, 0.2) is 5.96 Å². The molecule has 174 valence electrons. The molecule has 0 aliphatic carbocycles. The Morgan fingerprint density at radius 2 is 2.06 bits per heavy atom. The van der Waals surface area contributed by atoms with E-state index < -0.39 is 0 Å². The number of aliphatic imine (C=N–C) groups is 1. The minimum atomic E-state index is 0. The fourth-order valence-corrected chi connectivity index (χ4v) is 4.33. The van der Waals surface area contributed by atoms with E-state index in [1.54, 1.807) is 7.05 Å². The Morgan fingerprint density at radius 3 is 2.77 bits per heavy atom. The van der Waals surface area contributed by atoms with Gasteiger partial charge in [-0.3, -0.25) is 14.7 Å². The first-order valence-electron chi connectivity index (χ1n) is 11.2. The van der Waals surface area contributed by atoms with Gasteiger partial charge in [-0.05, 0) is 25.8 Å². The number of rotatable bonds is 8. The van der Waals surface area contributed by atoms with Crippen LogP contribution in [0, 0.1) is 5.92 Å². The van der Waals surface area contributed by atoms with E-state index in [0.29, 0.717) is 24.4 Å². The molecule has 2 N–H and O–H groups in total. The molecule has 2 saturated heterocycles. The molecule has 1 aromatic rings. The van der Waals surface area contributed by atoms with Gasteiger partial charge in [0.1, 0.15) is 0 Å². The third kappa shape index (κ3) is 7.91. The van der Waals surface area contributed by atoms with E-state index >= 15 is 0 Å². The topological polar surface area (TPSA) is 69.2 Å². The van der Waals surface area contributed by atoms with Gasteiger partial charge in [-0.15, -0.1) is 24.0 Å². The maximum Gasteiger partial charge on any atom is 0.223 e. The van der Waals surface area contributed by atoms with Crippen LogP contribution < -0.4 is 10.6 Å². The summed E-state index contributed by atoms with van der Waals surface area (Å²) in [4.78, 5) is 21.2. The van der Waals surface area contributed by atoms with Crippen LogP contribution in [-0.2, 0) is 16.0 Å². The molecule has 31 heavy (non-hydrogen) atoms. The largest absolute Gasteiger partial charge is 0.379 e. The van der Waals surface area contributed by atoms with Crippen molar-refractivity contribution < 1.29 is 9.53 Å². The second-order valence-electron chi connectivity index (χ2n) is 8.49. The zero-order valence-electron chi connectivity index (χ0n) is 19.0. The molecule has 0 saturated carbocycles. The molecule has 0 bridgehead atoms. The SMILES string of the molecule is CN=C(NCC1CC(=O)N(CCc2ccccc2)C1)NCC(C)N1CCOCC1C.I. The minimum absolute atomic E-state index is 0. The Kier molecular flexibility index (Phi) is 11.0. The van der Waals surface area contributed by atoms with E-state index in [1.165, 1.54) is 5.56 Å². The molecule has 0 spiro atoms. The van der Waals surface area contributed by atoms with Crippen molar-refractivity contribution >= 4 is 35.8 Å². The lowest BCUT2D eigenvalue weighted by Gasteiger charge is -2.38. The van der Waals surface area contributed by atoms with Crippen molar-refractivity contribution in [2.24, 2.45) is 10.9 Å². The predicted molar refractivity (Wildman–Crippen MR) is 136 cm³/mol. The van der Waals surface area contributed by atoms with Crippen molar-refractivity contribution in [2.75, 3.05) is 53.0 Å². The summed E-state index contributed by atoms with van der Waals surface area (Å²) in [5, 5.41) is 6.85. The summed E-state index contributed by atoms with van der Waals surface area (Å²) in [6, 6.07) is 11.2. The highest BCUT2D eigenvalue weighted by Gasteiger charge is 2.29. The lowest BCUT2D eigenvalue weighted by atomic mass is 10.1. The van der Waals surface area contributed by atoms with Crippen LogP contribution in [0.15, 0.2) is 35.3 Å². The molecule has 0 radical (unpaired) electrons. The van der Waals surface area contributed by atoms with Crippen molar-refractivity contribution in [3.8, 4) is 0 Å². The number of nitrogens with one attached hydrogen (secondary N) is 2. The van der Waals surface area contributed by atoms with Crippen LogP contribution in [0.25, 0.3) is 0 Å². The molecular formula is C23H38IN5O2. The van der Waals surface area contributed by atoms with E-state index in [2.05, 4.69) is 46.5 Å². The standard InChI is InChI=1S/C23H37N5O2.HI/c1-18(28-11-12-30-17-19(28)2)14-25-23(24-3)26-15-21-13-22(29)27(16-21)10-9-20-7-5-4-6-8-20;/h4-8,18-19,21H,9-17H2,1-3H3,(H2,24,25,26);1H. The maximum absolute atomic E-state index is 12.4. The average Bonchev–Trinajstić information content (AvgIpc) is 3.12. The van der Waals surface area contributed by atoms with Crippen LogP contribution in [-0.4, -0.2) is 86.7 Å². The van der Waals surface area contributed by atoms with Gasteiger partial charge in [0.05, 0.1) is 13.2 Å². The van der Waals surface area contributed by atoms with Gasteiger partial charge in [-0.2, -0.15) is 0 Å². The fraction of sp³-hybridized carbons (Fsp3) is 0.652. The van der Waals surface area contributed by atoms with E-state index in [-0.39, 0.29) is 29.9 Å². The van der Waals surface area contributed by atoms with Gasteiger partial charge in [-0.25, -0.2) is 0 Å². The van der Waals surface area contributed by atoms with E-state index in [0.717, 1.165) is 58.3 Å². The Balaban J connectivity index is 0.00000341. The summed E-state index contributed by atoms with van der Waals surface area (Å²) >= 11 is 0. The van der Waals surface area contributed by atoms with Gasteiger partial charge in [0, 0.05) is 64.2 Å². The number of halogens is 1. The van der Waals surface area contributed by atoms with Crippen molar-refractivity contribution in [1.29, 1.82) is 0 Å². The first-order chi connectivity index (χ1) is 14.6. The molecule has 1 amide bonds. The second kappa shape index (κ2) is 13.2. The third-order valence-electron chi connectivity index (χ3n) is 6.14. The first kappa shape index (κ1) is 25.9. The summed E-state index contributed by atoms with van der Waals surface area (Å²) in [5.74, 6) is 1.39. The summed E-state index contributed by atoms with van der Waals surface area (Å²) in [6.45, 7) is 10.2. The van der Waals surface area contributed by atoms with Gasteiger partial charge in [0.2, 0.25) is 5.91 Å². The normalized spacial score (nSPS) is 23.4. The molecule has 2 aliphatic rings. The number of carbonyl (C=O) groups excluding carboxylic acids is 1. The molecule has 3 atom stereocenters. The molecule has 3 rings (SSSR count). The third-order valence-corrected chi connectivity index (χ3v) is 6.14. The molecule has 8 heteroatoms. The Labute approximate surface area is 204 Å². The monoisotopic (exact) mass is 543 g/mol. The highest BCUT2D eigenvalue weighted by Crippen LogP contribution is 2.17. The number of amides is 1. The average molecular weight is 543 g/mol. The summed E-state index contributed by atoms with van der Waals surface area (Å²) in [7, 11) is 1.79. The van der Waals surface area contributed by atoms with Crippen LogP contribution in [0.4, 0.5) is 0 Å². The molecule has 1 aromatic carbocycles. The lowest BCUT2D eigenvalue weighted by Crippen LogP contribution is -2.53. The zero-order valence-corrected chi connectivity index (χ0v) is 21.4. The Hall–Kier alpha value is -1.39. The molecule has 7 nitrogen and oxygen atoms in total. The number of hydrogen-bond acceptors (Lipinski definition) is 4. The number of carbonyl (C=O) groups is 1. The van der Waals surface area contributed by atoms with E-state index in [1.807, 2.05) is 23.1 Å². The van der Waals surface area contributed by atoms with Crippen molar-refractivity contribution in [1.82, 2.24) is 20.4 Å². The van der Waals surface area contributed by atoms with Crippen LogP contribution >= 0.6 is 24.0 Å². The van der Waals surface area contributed by atoms with Crippen molar-refractivity contribution in [3.05, 3.63) is 35.9 Å². The van der Waals surface area contributed by atoms with Crippen LogP contribution in [0.5, 0.6) is 0 Å². The van der Waals surface area contributed by atoms with Crippen molar-refractivity contribution in [2.45, 2.75) is 38.8 Å². The molecule has 0 aromatic heterocycles. The number of likely N-dealkylation sites (tertiary alicyclic amines) is 1. The Morgan fingerprint density at radius 1 is 1.29 bits per heavy atom. The van der Waals surface area contributed by atoms with Gasteiger partial charge in [-0.1, -0.05) is 30.3 Å². The zero-order chi connectivity index (χ0) is 21.3. The van der Waals surface area contributed by atoms with Gasteiger partial charge < -0.3 is 20.3 Å². The predicted octanol–water partition coefficient (Wildman–Crippen LogP) is 1.97. The minimum Gasteiger partial charge on any atom is -0.379 e. The highest BCUT2D eigenvalue weighted by atomic mass is 127. The lowest BCUT2D eigenvalue weighted by molar-refractivity contribution is -0.127. The van der Waals surface area contributed by atoms with Crippen molar-refractivity contribution in [3.63, 3.8) is 0 Å². The summed E-state index contributed by atoms with van der Waals surface area (Å²) in [6.07, 6.45) is 1.52. The number of benzene rings is 1. The number of ether oxygens (including phenoxy) is 1. The van der Waals surface area contributed by atoms with Crippen LogP contribution in [0.3, 0.4) is 0 Å². The number of guanidine groups is 1.